The van der Waals surface area contributed by atoms with Gasteiger partial charge in [0, 0.05) is 39.2 Å². The van der Waals surface area contributed by atoms with E-state index in [0.717, 1.165) is 6.42 Å². The first-order valence-electron chi connectivity index (χ1n) is 7.12. The maximum Gasteiger partial charge on any atom is 0.500 e. The van der Waals surface area contributed by atoms with Crippen molar-refractivity contribution in [2.45, 2.75) is 53.0 Å². The van der Waals surface area contributed by atoms with Crippen LogP contribution in [0.15, 0.2) is 0 Å². The van der Waals surface area contributed by atoms with Gasteiger partial charge in [-0.3, -0.25) is 9.59 Å². The molecule has 0 aromatic carbocycles. The van der Waals surface area contributed by atoms with E-state index in [0.29, 0.717) is 32.3 Å². The molecule has 0 aromatic heterocycles. The highest BCUT2D eigenvalue weighted by molar-refractivity contribution is 6.60. The van der Waals surface area contributed by atoms with Gasteiger partial charge in [0.05, 0.1) is 0 Å². The Morgan fingerprint density at radius 1 is 0.900 bits per heavy atom. The van der Waals surface area contributed by atoms with E-state index < -0.39 is 20.7 Å². The summed E-state index contributed by atoms with van der Waals surface area (Å²) in [5, 5.41) is 0. The third-order valence-corrected chi connectivity index (χ3v) is 5.62. The lowest BCUT2D eigenvalue weighted by Crippen LogP contribution is -2.45. The van der Waals surface area contributed by atoms with E-state index in [9.17, 15) is 9.59 Å². The Morgan fingerprint density at radius 2 is 1.40 bits per heavy atom. The Bertz CT molecular complexity index is 278. The van der Waals surface area contributed by atoms with Crippen molar-refractivity contribution >= 4 is 20.7 Å². The number of carbonyl (C=O) groups excluding carboxylic acids is 2. The molecule has 20 heavy (non-hydrogen) atoms. The molecule has 0 saturated carbocycles. The molecule has 0 N–H and O–H groups in total. The monoisotopic (exact) mass is 306 g/mol. The van der Waals surface area contributed by atoms with Gasteiger partial charge < -0.3 is 18.0 Å². The third-order valence-electron chi connectivity index (χ3n) is 2.46. The second-order valence-corrected chi connectivity index (χ2v) is 6.89. The Hall–Kier alpha value is -0.763. The molecule has 0 unspecified atom stereocenters. The molecule has 0 heterocycles. The van der Waals surface area contributed by atoms with Crippen molar-refractivity contribution < 1.29 is 27.6 Å². The standard InChI is InChI=1S/C13H26O6Si/c1-5-16-20(17-6-2,18-7-3)11-9-8-10-13(15)19-12(4)14/h5-11H2,1-4H3. The summed E-state index contributed by atoms with van der Waals surface area (Å²) in [6.07, 6.45) is 1.57. The molecule has 0 aliphatic rings. The fraction of sp³-hybridized carbons (Fsp3) is 0.846. The summed E-state index contributed by atoms with van der Waals surface area (Å²) < 4.78 is 21.6. The van der Waals surface area contributed by atoms with E-state index in [1.165, 1.54) is 6.92 Å². The first-order chi connectivity index (χ1) is 9.49. The van der Waals surface area contributed by atoms with Crippen molar-refractivity contribution in [3.8, 4) is 0 Å². The van der Waals surface area contributed by atoms with E-state index in [-0.39, 0.29) is 6.42 Å². The van der Waals surface area contributed by atoms with Gasteiger partial charge in [-0.1, -0.05) is 0 Å². The van der Waals surface area contributed by atoms with Crippen LogP contribution in [-0.2, 0) is 27.6 Å². The summed E-state index contributed by atoms with van der Waals surface area (Å²) >= 11 is 0. The fourth-order valence-electron chi connectivity index (χ4n) is 1.82. The van der Waals surface area contributed by atoms with Gasteiger partial charge in [0.1, 0.15) is 0 Å². The summed E-state index contributed by atoms with van der Waals surface area (Å²) in [5.74, 6) is -1.06. The highest BCUT2D eigenvalue weighted by Gasteiger charge is 2.39. The average Bonchev–Trinajstić information content (AvgIpc) is 2.35. The third kappa shape index (κ3) is 8.42. The van der Waals surface area contributed by atoms with Crippen LogP contribution in [0.2, 0.25) is 6.04 Å². The molecule has 0 radical (unpaired) electrons. The fourth-order valence-corrected chi connectivity index (χ4v) is 4.51. The van der Waals surface area contributed by atoms with Crippen LogP contribution in [0.4, 0.5) is 0 Å². The van der Waals surface area contributed by atoms with Crippen molar-refractivity contribution in [1.82, 2.24) is 0 Å². The molecule has 118 valence electrons. The lowest BCUT2D eigenvalue weighted by atomic mass is 10.2. The van der Waals surface area contributed by atoms with Crippen LogP contribution in [0.1, 0.15) is 47.0 Å². The van der Waals surface area contributed by atoms with E-state index >= 15 is 0 Å². The second kappa shape index (κ2) is 11.0. The van der Waals surface area contributed by atoms with Gasteiger partial charge in [0.25, 0.3) is 0 Å². The summed E-state index contributed by atoms with van der Waals surface area (Å²) in [6, 6.07) is 0.663. The molecule has 7 heteroatoms. The predicted octanol–water partition coefficient (Wildman–Crippen LogP) is 2.29. The summed E-state index contributed by atoms with van der Waals surface area (Å²) in [6.45, 7) is 8.56. The van der Waals surface area contributed by atoms with E-state index in [4.69, 9.17) is 13.3 Å². The van der Waals surface area contributed by atoms with E-state index in [2.05, 4.69) is 4.74 Å². The van der Waals surface area contributed by atoms with E-state index in [1.807, 2.05) is 20.8 Å². The number of carbonyl (C=O) groups is 2. The molecular formula is C13H26O6Si. The van der Waals surface area contributed by atoms with Crippen molar-refractivity contribution in [2.75, 3.05) is 19.8 Å². The Labute approximate surface area is 122 Å². The SMILES string of the molecule is CCO[Si](CCCCC(=O)OC(C)=O)(OCC)OCC. The number of esters is 2. The molecule has 0 aromatic rings. The van der Waals surface area contributed by atoms with Crippen LogP contribution >= 0.6 is 0 Å². The summed E-state index contributed by atoms with van der Waals surface area (Å²) in [7, 11) is -2.62. The molecule has 0 saturated heterocycles. The lowest BCUT2D eigenvalue weighted by Gasteiger charge is -2.28. The van der Waals surface area contributed by atoms with Crippen LogP contribution in [-0.4, -0.2) is 40.6 Å². The van der Waals surface area contributed by atoms with Crippen molar-refractivity contribution in [2.24, 2.45) is 0 Å². The number of unbranched alkanes of at least 4 members (excludes halogenated alkanes) is 1. The molecule has 0 aliphatic heterocycles. The minimum absolute atomic E-state index is 0.217. The zero-order valence-electron chi connectivity index (χ0n) is 12.9. The van der Waals surface area contributed by atoms with Crippen LogP contribution in [0.5, 0.6) is 0 Å². The molecule has 0 amide bonds. The summed E-state index contributed by atoms with van der Waals surface area (Å²) in [5.41, 5.74) is 0. The smallest absolute Gasteiger partial charge is 0.393 e. The number of ether oxygens (including phenoxy) is 1. The highest BCUT2D eigenvalue weighted by atomic mass is 28.4. The van der Waals surface area contributed by atoms with Gasteiger partial charge in [-0.15, -0.1) is 0 Å². The first kappa shape index (κ1) is 19.2. The molecule has 0 bridgehead atoms. The largest absolute Gasteiger partial charge is 0.500 e. The molecular weight excluding hydrogens is 280 g/mol. The topological polar surface area (TPSA) is 71.1 Å². The van der Waals surface area contributed by atoms with Gasteiger partial charge in [0.15, 0.2) is 0 Å². The average molecular weight is 306 g/mol. The Kier molecular flexibility index (Phi) is 10.5. The van der Waals surface area contributed by atoms with Gasteiger partial charge in [-0.2, -0.15) is 0 Å². The minimum Gasteiger partial charge on any atom is -0.393 e. The maximum atomic E-state index is 11.2. The van der Waals surface area contributed by atoms with Crippen molar-refractivity contribution in [3.63, 3.8) is 0 Å². The second-order valence-electron chi connectivity index (χ2n) is 4.15. The number of rotatable bonds is 11. The molecule has 0 atom stereocenters. The van der Waals surface area contributed by atoms with Gasteiger partial charge >= 0.3 is 20.7 Å². The quantitative estimate of drug-likeness (QED) is 0.252. The van der Waals surface area contributed by atoms with Crippen LogP contribution in [0, 0.1) is 0 Å². The highest BCUT2D eigenvalue weighted by Crippen LogP contribution is 2.20. The van der Waals surface area contributed by atoms with Gasteiger partial charge in [0.2, 0.25) is 0 Å². The predicted molar refractivity (Wildman–Crippen MR) is 76.1 cm³/mol. The lowest BCUT2D eigenvalue weighted by molar-refractivity contribution is -0.158. The Morgan fingerprint density at radius 3 is 1.80 bits per heavy atom. The number of hydrogen-bond acceptors (Lipinski definition) is 6. The molecule has 0 fully saturated rings. The minimum atomic E-state index is -2.62. The van der Waals surface area contributed by atoms with Crippen LogP contribution in [0.25, 0.3) is 0 Å². The van der Waals surface area contributed by atoms with Crippen LogP contribution < -0.4 is 0 Å². The zero-order valence-corrected chi connectivity index (χ0v) is 13.9. The van der Waals surface area contributed by atoms with Crippen molar-refractivity contribution in [1.29, 1.82) is 0 Å². The number of hydrogen-bond donors (Lipinski definition) is 0. The van der Waals surface area contributed by atoms with Crippen molar-refractivity contribution in [3.05, 3.63) is 0 Å². The Balaban J connectivity index is 4.18. The van der Waals surface area contributed by atoms with Gasteiger partial charge in [-0.05, 0) is 33.6 Å². The molecule has 6 nitrogen and oxygen atoms in total. The molecule has 0 spiro atoms. The van der Waals surface area contributed by atoms with E-state index in [1.54, 1.807) is 0 Å². The van der Waals surface area contributed by atoms with Crippen LogP contribution in [0.3, 0.4) is 0 Å². The molecule has 0 aliphatic carbocycles. The first-order valence-corrected chi connectivity index (χ1v) is 9.06. The maximum absolute atomic E-state index is 11.2. The normalized spacial score (nSPS) is 11.4. The zero-order chi connectivity index (χ0) is 15.4. The summed E-state index contributed by atoms with van der Waals surface area (Å²) in [4.78, 5) is 21.8. The molecule has 0 rings (SSSR count). The van der Waals surface area contributed by atoms with Gasteiger partial charge in [-0.25, -0.2) is 0 Å².